The molecular weight excluding hydrogens is 1120 g/mol. The number of anilines is 6. The van der Waals surface area contributed by atoms with Gasteiger partial charge in [0.05, 0.1) is 22.7 Å². The first-order valence-corrected chi connectivity index (χ1v) is 27.2. The Morgan fingerprint density at radius 3 is 1.10 bits per heavy atom. The maximum atomic E-state index is 13.4. The number of aromatic nitrogens is 2. The molecule has 0 unspecified atom stereocenters. The minimum Gasteiger partial charge on any atom is -1.00 e. The van der Waals surface area contributed by atoms with E-state index in [0.29, 0.717) is 0 Å². The molecule has 0 aliphatic rings. The van der Waals surface area contributed by atoms with E-state index >= 15 is 0 Å². The molecule has 0 saturated carbocycles. The minimum absolute atomic E-state index is 0. The van der Waals surface area contributed by atoms with Gasteiger partial charge in [-0.2, -0.15) is 33.7 Å². The summed E-state index contributed by atoms with van der Waals surface area (Å²) in [5.41, 5.74) is -0.406. The first-order chi connectivity index (χ1) is 35.6. The van der Waals surface area contributed by atoms with Gasteiger partial charge in [-0.05, 0) is 72.8 Å². The summed E-state index contributed by atoms with van der Waals surface area (Å²) in [5, 5.41) is 14.0. The Bertz CT molecular complexity index is 4030. The van der Waals surface area contributed by atoms with Crippen molar-refractivity contribution in [2.45, 2.75) is 19.6 Å². The van der Waals surface area contributed by atoms with Crippen molar-refractivity contribution in [3.63, 3.8) is 0 Å². The van der Waals surface area contributed by atoms with Gasteiger partial charge >= 0.3 is 65.1 Å². The van der Waals surface area contributed by atoms with Gasteiger partial charge in [0.2, 0.25) is 0 Å². The number of aryl methyl sites for hydroxylation is 2. The number of urea groups is 1. The van der Waals surface area contributed by atoms with Crippen LogP contribution in [0.3, 0.4) is 0 Å². The molecule has 25 nitrogen and oxygen atoms in total. The number of carbonyl (C=O) groups excluding carboxylic acids is 5. The average molecular weight is 1160 g/mol. The second kappa shape index (κ2) is 23.3. The fourth-order valence-corrected chi connectivity index (χ4v) is 11.2. The van der Waals surface area contributed by atoms with E-state index < -0.39 is 101 Å². The van der Waals surface area contributed by atoms with Gasteiger partial charge in [-0.25, -0.2) is 4.79 Å². The normalized spacial score (nSPS) is 11.7. The fraction of sp³-hybridized carbons (Fsp3) is 0.0426. The summed E-state index contributed by atoms with van der Waals surface area (Å²) in [6, 6.07) is 24.2. The third-order valence-electron chi connectivity index (χ3n) is 11.3. The standard InChI is InChI=1S/C47H38N8O17S4.2Na.2H/c1-54-23-29(21-37(54)45(58)52-35-17-15-31-33(41(35)75(67,68)69)11-5-13-39(31)73(61,62)63)48-43(56)25-7-3-9-27(19-25)50-47(60)51-28-10-4-8-26(20-28)44(57)49-30-22-38(55(2)24-30)46(59)53-36-18-16-32-34(42(36)76(70,71)72)12-6-14-40(32)74(64,65)66;;;;/h3-24H,1-2H3,(H,48,56)(H,49,57)(H,52,58)(H,53,59)(H2,50,51,60)(H,61,62,63)(H,64,65,66)(H,67,68,69)(H,70,71,72);;;;/q;2*+1;2*-1. The van der Waals surface area contributed by atoms with Gasteiger partial charge in [0.15, 0.2) is 0 Å². The van der Waals surface area contributed by atoms with Crippen LogP contribution in [0.5, 0.6) is 0 Å². The van der Waals surface area contributed by atoms with Crippen LogP contribution < -0.4 is 91.0 Å². The van der Waals surface area contributed by atoms with Crippen LogP contribution in [0.2, 0.25) is 0 Å². The summed E-state index contributed by atoms with van der Waals surface area (Å²) in [4.78, 5) is 63.8. The SMILES string of the molecule is Cn1cc(NC(=O)c2cccc(NC(=O)Nc3cccc(C(=O)Nc4cc(C(=O)Nc5ccc6c(S(=O)(=O)O)cccc6c5S(=O)(=O)O)n(C)c4)c3)c2)cc1C(=O)Nc1ccc2c(S(=O)(=O)O)cccc2c1S(=O)(=O)O.[H-].[H-].[Na+].[Na+]. The molecule has 2 heterocycles. The molecule has 10 N–H and O–H groups in total. The van der Waals surface area contributed by atoms with Gasteiger partial charge in [-0.1, -0.05) is 48.5 Å². The summed E-state index contributed by atoms with van der Waals surface area (Å²) < 4.78 is 140. The van der Waals surface area contributed by atoms with E-state index in [1.54, 1.807) is 0 Å². The number of amides is 6. The monoisotopic (exact) mass is 1160 g/mol. The van der Waals surface area contributed by atoms with Crippen LogP contribution in [0, 0.1) is 0 Å². The van der Waals surface area contributed by atoms with Crippen molar-refractivity contribution in [3.05, 3.63) is 156 Å². The van der Waals surface area contributed by atoms with Crippen LogP contribution in [-0.4, -0.2) is 90.7 Å². The average Bonchev–Trinajstić information content (AvgIpc) is 3.89. The minimum atomic E-state index is -5.10. The number of hydrogen-bond donors (Lipinski definition) is 10. The Morgan fingerprint density at radius 2 is 0.756 bits per heavy atom. The second-order valence-corrected chi connectivity index (χ2v) is 22.0. The number of fused-ring (bicyclic) bond motifs is 2. The number of nitrogens with one attached hydrogen (secondary N) is 6. The fourth-order valence-electron chi connectivity index (χ4n) is 8.07. The molecule has 31 heteroatoms. The molecule has 8 aromatic rings. The zero-order valence-electron chi connectivity index (χ0n) is 42.8. The topological polar surface area (TPSA) is 385 Å². The molecule has 0 fully saturated rings. The molecule has 396 valence electrons. The summed E-state index contributed by atoms with van der Waals surface area (Å²) in [7, 11) is -16.9. The Morgan fingerprint density at radius 1 is 0.397 bits per heavy atom. The number of carbonyl (C=O) groups is 5. The number of rotatable bonds is 14. The van der Waals surface area contributed by atoms with E-state index in [2.05, 4.69) is 31.9 Å². The molecule has 0 saturated heterocycles. The maximum absolute atomic E-state index is 13.4. The zero-order valence-corrected chi connectivity index (χ0v) is 48.1. The van der Waals surface area contributed by atoms with Crippen molar-refractivity contribution < 1.29 is 138 Å². The van der Waals surface area contributed by atoms with E-state index in [-0.39, 0.29) is 129 Å². The summed E-state index contributed by atoms with van der Waals surface area (Å²) >= 11 is 0. The molecule has 6 amide bonds. The van der Waals surface area contributed by atoms with Crippen molar-refractivity contribution in [3.8, 4) is 0 Å². The smallest absolute Gasteiger partial charge is 1.00 e. The van der Waals surface area contributed by atoms with Gasteiger partial charge in [0.25, 0.3) is 64.1 Å². The third-order valence-corrected chi connectivity index (χ3v) is 15.0. The van der Waals surface area contributed by atoms with Crippen LogP contribution in [0.1, 0.15) is 44.5 Å². The summed E-state index contributed by atoms with van der Waals surface area (Å²) in [6.45, 7) is 0. The van der Waals surface area contributed by atoms with Crippen LogP contribution in [-0.2, 0) is 54.6 Å². The largest absolute Gasteiger partial charge is 1.00 e. The molecule has 0 aliphatic heterocycles. The quantitative estimate of drug-likeness (QED) is 0.0525. The van der Waals surface area contributed by atoms with E-state index in [0.717, 1.165) is 48.5 Å². The van der Waals surface area contributed by atoms with Crippen molar-refractivity contribution >= 4 is 126 Å². The summed E-state index contributed by atoms with van der Waals surface area (Å²) in [5.74, 6) is -3.16. The summed E-state index contributed by atoms with van der Waals surface area (Å²) in [6.07, 6.45) is 2.73. The van der Waals surface area contributed by atoms with Gasteiger partial charge in [-0.15, -0.1) is 0 Å². The van der Waals surface area contributed by atoms with E-state index in [4.69, 9.17) is 0 Å². The molecule has 0 radical (unpaired) electrons. The second-order valence-electron chi connectivity index (χ2n) is 16.5. The van der Waals surface area contributed by atoms with Gasteiger partial charge in [0, 0.05) is 70.5 Å². The van der Waals surface area contributed by atoms with Crippen LogP contribution in [0.4, 0.5) is 38.9 Å². The predicted octanol–water partition coefficient (Wildman–Crippen LogP) is 0.543. The Labute approximate surface area is 490 Å². The maximum Gasteiger partial charge on any atom is 1.00 e. The van der Waals surface area contributed by atoms with Crippen molar-refractivity contribution in [2.24, 2.45) is 14.1 Å². The first-order valence-electron chi connectivity index (χ1n) is 21.4. The first kappa shape index (κ1) is 60.4. The van der Waals surface area contributed by atoms with Crippen molar-refractivity contribution in [1.29, 1.82) is 0 Å². The van der Waals surface area contributed by atoms with E-state index in [1.165, 1.54) is 108 Å². The molecule has 6 aromatic carbocycles. The molecule has 2 aromatic heterocycles. The number of hydrogen-bond acceptors (Lipinski definition) is 13. The Balaban J connectivity index is 0.00000344. The van der Waals surface area contributed by atoms with Gasteiger partial charge in [-0.3, -0.25) is 37.4 Å². The van der Waals surface area contributed by atoms with Gasteiger partial charge in [0.1, 0.15) is 31.0 Å². The third kappa shape index (κ3) is 13.4. The van der Waals surface area contributed by atoms with E-state index in [1.807, 2.05) is 0 Å². The molecule has 78 heavy (non-hydrogen) atoms. The van der Waals surface area contributed by atoms with Crippen LogP contribution in [0.25, 0.3) is 21.5 Å². The van der Waals surface area contributed by atoms with Gasteiger partial charge < -0.3 is 43.9 Å². The van der Waals surface area contributed by atoms with Crippen molar-refractivity contribution in [2.75, 3.05) is 31.9 Å². The zero-order chi connectivity index (χ0) is 55.2. The number of benzene rings is 6. The molecule has 8 rings (SSSR count). The van der Waals surface area contributed by atoms with Crippen LogP contribution >= 0.6 is 0 Å². The van der Waals surface area contributed by atoms with E-state index in [9.17, 15) is 75.9 Å². The molecule has 0 aliphatic carbocycles. The van der Waals surface area contributed by atoms with Crippen LogP contribution in [0.15, 0.2) is 153 Å². The Hall–Kier alpha value is -6.81. The molecule has 0 bridgehead atoms. The molecule has 0 spiro atoms. The predicted molar refractivity (Wildman–Crippen MR) is 278 cm³/mol. The number of nitrogens with zero attached hydrogens (tertiary/aromatic N) is 2. The molecular formula is C47H40N8Na2O17S4. The molecule has 0 atom stereocenters. The van der Waals surface area contributed by atoms with Crippen molar-refractivity contribution in [1.82, 2.24) is 9.13 Å². The Kier molecular flexibility index (Phi) is 18.0.